The van der Waals surface area contributed by atoms with Gasteiger partial charge in [0.25, 0.3) is 5.91 Å². The van der Waals surface area contributed by atoms with Crippen LogP contribution in [-0.4, -0.2) is 25.0 Å². The van der Waals surface area contributed by atoms with Crippen LogP contribution in [0.4, 0.5) is 11.4 Å². The number of hydrogen-bond acceptors (Lipinski definition) is 3. The first-order valence-corrected chi connectivity index (χ1v) is 6.29. The summed E-state index contributed by atoms with van der Waals surface area (Å²) < 4.78 is 5.55. The molecule has 0 saturated carbocycles. The molecule has 0 aliphatic carbocycles. The Bertz CT molecular complexity index is 525. The number of likely N-dealkylation sites (N-methyl/N-ethyl adjacent to an activating group) is 1. The van der Waals surface area contributed by atoms with Gasteiger partial charge in [-0.1, -0.05) is 13.8 Å². The molecule has 5 heteroatoms. The summed E-state index contributed by atoms with van der Waals surface area (Å²) in [6, 6.07) is 5.28. The molecule has 0 radical (unpaired) electrons. The molecule has 0 saturated heterocycles. The molecule has 2 amide bonds. The van der Waals surface area contributed by atoms with E-state index in [4.69, 9.17) is 4.74 Å². The third kappa shape index (κ3) is 2.54. The number of amides is 2. The summed E-state index contributed by atoms with van der Waals surface area (Å²) in [6.45, 7) is 5.37. The molecule has 1 aliphatic rings. The number of nitrogens with zero attached hydrogens (tertiary/aromatic N) is 1. The van der Waals surface area contributed by atoms with E-state index in [-0.39, 0.29) is 17.7 Å². The van der Waals surface area contributed by atoms with Crippen molar-refractivity contribution >= 4 is 23.2 Å². The Morgan fingerprint density at radius 2 is 2.11 bits per heavy atom. The fourth-order valence-electron chi connectivity index (χ4n) is 1.88. The van der Waals surface area contributed by atoms with E-state index in [0.29, 0.717) is 17.1 Å². The average molecular weight is 262 g/mol. The lowest BCUT2D eigenvalue weighted by Gasteiger charge is -2.30. The number of benzene rings is 1. The van der Waals surface area contributed by atoms with Gasteiger partial charge in [-0.05, 0) is 19.1 Å². The van der Waals surface area contributed by atoms with Crippen molar-refractivity contribution in [1.29, 1.82) is 0 Å². The van der Waals surface area contributed by atoms with Crippen molar-refractivity contribution in [2.24, 2.45) is 5.92 Å². The summed E-state index contributed by atoms with van der Waals surface area (Å²) in [7, 11) is 1.71. The molecular formula is C14H18N2O3. The summed E-state index contributed by atoms with van der Waals surface area (Å²) >= 11 is 0. The topological polar surface area (TPSA) is 58.6 Å². The van der Waals surface area contributed by atoms with Gasteiger partial charge in [0.05, 0.1) is 5.69 Å². The first kappa shape index (κ1) is 13.4. The van der Waals surface area contributed by atoms with Gasteiger partial charge < -0.3 is 15.0 Å². The monoisotopic (exact) mass is 262 g/mol. The minimum absolute atomic E-state index is 0.0479. The van der Waals surface area contributed by atoms with Crippen LogP contribution in [0.3, 0.4) is 0 Å². The predicted octanol–water partition coefficient (Wildman–Crippen LogP) is 2.02. The van der Waals surface area contributed by atoms with Crippen LogP contribution in [0.25, 0.3) is 0 Å². The van der Waals surface area contributed by atoms with Gasteiger partial charge in [-0.15, -0.1) is 0 Å². The van der Waals surface area contributed by atoms with E-state index in [2.05, 4.69) is 5.32 Å². The number of carbonyl (C=O) groups is 2. The first-order valence-electron chi connectivity index (χ1n) is 6.29. The quantitative estimate of drug-likeness (QED) is 0.887. The Labute approximate surface area is 112 Å². The number of hydrogen-bond donors (Lipinski definition) is 1. The number of rotatable bonds is 2. The smallest absolute Gasteiger partial charge is 0.267 e. The summed E-state index contributed by atoms with van der Waals surface area (Å²) in [5, 5.41) is 2.81. The van der Waals surface area contributed by atoms with Gasteiger partial charge in [-0.25, -0.2) is 0 Å². The zero-order valence-corrected chi connectivity index (χ0v) is 11.6. The second-order valence-electron chi connectivity index (χ2n) is 4.98. The van der Waals surface area contributed by atoms with E-state index in [9.17, 15) is 9.59 Å². The van der Waals surface area contributed by atoms with Gasteiger partial charge in [0, 0.05) is 24.7 Å². The highest BCUT2D eigenvalue weighted by molar-refractivity contribution is 6.00. The van der Waals surface area contributed by atoms with Crippen molar-refractivity contribution < 1.29 is 14.3 Å². The molecule has 0 aromatic heterocycles. The van der Waals surface area contributed by atoms with Crippen molar-refractivity contribution in [2.75, 3.05) is 17.3 Å². The number of nitrogens with one attached hydrogen (secondary N) is 1. The highest BCUT2D eigenvalue weighted by atomic mass is 16.5. The zero-order chi connectivity index (χ0) is 14.2. The van der Waals surface area contributed by atoms with Crippen molar-refractivity contribution in [3.63, 3.8) is 0 Å². The molecule has 1 heterocycles. The van der Waals surface area contributed by atoms with Crippen LogP contribution in [0.15, 0.2) is 18.2 Å². The fraction of sp³-hybridized carbons (Fsp3) is 0.429. The van der Waals surface area contributed by atoms with Crippen LogP contribution >= 0.6 is 0 Å². The molecule has 1 aromatic carbocycles. The van der Waals surface area contributed by atoms with Gasteiger partial charge in [-0.2, -0.15) is 0 Å². The molecule has 0 bridgehead atoms. The molecule has 1 aliphatic heterocycles. The maximum Gasteiger partial charge on any atom is 0.267 e. The van der Waals surface area contributed by atoms with E-state index in [1.165, 1.54) is 0 Å². The summed E-state index contributed by atoms with van der Waals surface area (Å²) in [6.07, 6.45) is -0.506. The number of fused-ring (bicyclic) bond motifs is 1. The maximum atomic E-state index is 11.8. The second-order valence-corrected chi connectivity index (χ2v) is 4.98. The molecule has 19 heavy (non-hydrogen) atoms. The van der Waals surface area contributed by atoms with Gasteiger partial charge in [0.2, 0.25) is 5.91 Å². The lowest BCUT2D eigenvalue weighted by Crippen LogP contribution is -2.41. The molecule has 0 spiro atoms. The van der Waals surface area contributed by atoms with Crippen LogP contribution in [0.2, 0.25) is 0 Å². The lowest BCUT2D eigenvalue weighted by atomic mass is 10.1. The number of ether oxygens (including phenoxy) is 1. The Kier molecular flexibility index (Phi) is 3.46. The van der Waals surface area contributed by atoms with Crippen LogP contribution < -0.4 is 15.0 Å². The van der Waals surface area contributed by atoms with Crippen LogP contribution in [-0.2, 0) is 9.59 Å². The van der Waals surface area contributed by atoms with Gasteiger partial charge >= 0.3 is 0 Å². The van der Waals surface area contributed by atoms with Gasteiger partial charge in [0.15, 0.2) is 6.10 Å². The molecule has 1 atom stereocenters. The van der Waals surface area contributed by atoms with Crippen LogP contribution in [0, 0.1) is 5.92 Å². The number of anilines is 2. The molecule has 2 rings (SSSR count). The summed E-state index contributed by atoms with van der Waals surface area (Å²) in [5.41, 5.74) is 1.39. The van der Waals surface area contributed by atoms with Gasteiger partial charge in [-0.3, -0.25) is 9.59 Å². The van der Waals surface area contributed by atoms with E-state index < -0.39 is 6.10 Å². The number of carbonyl (C=O) groups excluding carboxylic acids is 2. The van der Waals surface area contributed by atoms with Crippen LogP contribution in [0.1, 0.15) is 20.8 Å². The van der Waals surface area contributed by atoms with Gasteiger partial charge in [0.1, 0.15) is 5.75 Å². The van der Waals surface area contributed by atoms with E-state index in [0.717, 1.165) is 0 Å². The highest BCUT2D eigenvalue weighted by Gasteiger charge is 2.28. The third-order valence-electron chi connectivity index (χ3n) is 3.10. The van der Waals surface area contributed by atoms with Crippen molar-refractivity contribution in [2.45, 2.75) is 26.9 Å². The van der Waals surface area contributed by atoms with Crippen LogP contribution in [0.5, 0.6) is 5.75 Å². The highest BCUT2D eigenvalue weighted by Crippen LogP contribution is 2.35. The summed E-state index contributed by atoms with van der Waals surface area (Å²) in [5.74, 6) is 0.399. The Balaban J connectivity index is 2.27. The van der Waals surface area contributed by atoms with E-state index >= 15 is 0 Å². The molecular weight excluding hydrogens is 244 g/mol. The molecule has 5 nitrogen and oxygen atoms in total. The second kappa shape index (κ2) is 4.91. The first-order chi connectivity index (χ1) is 8.90. The zero-order valence-electron chi connectivity index (χ0n) is 11.6. The lowest BCUT2D eigenvalue weighted by molar-refractivity contribution is -0.125. The van der Waals surface area contributed by atoms with Crippen molar-refractivity contribution in [1.82, 2.24) is 0 Å². The van der Waals surface area contributed by atoms with E-state index in [1.54, 1.807) is 37.1 Å². The maximum absolute atomic E-state index is 11.8. The molecule has 1 aromatic rings. The minimum atomic E-state index is -0.506. The van der Waals surface area contributed by atoms with Crippen molar-refractivity contribution in [3.05, 3.63) is 18.2 Å². The molecule has 1 N–H and O–H groups in total. The predicted molar refractivity (Wildman–Crippen MR) is 73.4 cm³/mol. The fourth-order valence-corrected chi connectivity index (χ4v) is 1.88. The summed E-state index contributed by atoms with van der Waals surface area (Å²) in [4.78, 5) is 25.0. The normalized spacial score (nSPS) is 18.1. The molecule has 102 valence electrons. The largest absolute Gasteiger partial charge is 0.479 e. The molecule has 1 unspecified atom stereocenters. The Morgan fingerprint density at radius 1 is 1.42 bits per heavy atom. The average Bonchev–Trinajstić information content (AvgIpc) is 2.35. The van der Waals surface area contributed by atoms with E-state index in [1.807, 2.05) is 13.8 Å². The third-order valence-corrected chi connectivity index (χ3v) is 3.10. The standard InChI is InChI=1S/C14H18N2O3/c1-8(2)13(17)15-10-5-6-11-12(7-10)19-9(3)14(18)16(11)4/h5-9H,1-4H3,(H,15,17). The minimum Gasteiger partial charge on any atom is -0.479 e. The van der Waals surface area contributed by atoms with Crippen molar-refractivity contribution in [3.8, 4) is 5.75 Å². The molecule has 0 fully saturated rings. The Hall–Kier alpha value is -2.04. The SMILES string of the molecule is CC(C)C(=O)Nc1ccc2c(c1)OC(C)C(=O)N2C. The Morgan fingerprint density at radius 3 is 2.74 bits per heavy atom.